The summed E-state index contributed by atoms with van der Waals surface area (Å²) in [5.74, 6) is -0.585. The van der Waals surface area contributed by atoms with Crippen LogP contribution in [0, 0.1) is 5.82 Å². The molecule has 1 aliphatic heterocycles. The van der Waals surface area contributed by atoms with Crippen molar-refractivity contribution in [2.24, 2.45) is 0 Å². The van der Waals surface area contributed by atoms with Crippen LogP contribution in [-0.4, -0.2) is 47.4 Å². The average Bonchev–Trinajstić information content (AvgIpc) is 2.80. The van der Waals surface area contributed by atoms with Gasteiger partial charge in [-0.05, 0) is 23.3 Å². The van der Waals surface area contributed by atoms with Crippen LogP contribution in [0.3, 0.4) is 0 Å². The molecule has 0 N–H and O–H groups in total. The predicted octanol–water partition coefficient (Wildman–Crippen LogP) is 2.60. The Morgan fingerprint density at radius 1 is 1.11 bits per heavy atom. The summed E-state index contributed by atoms with van der Waals surface area (Å²) in [5, 5.41) is 0. The molecule has 0 aromatic heterocycles. The van der Waals surface area contributed by atoms with Gasteiger partial charge < -0.3 is 14.5 Å². The summed E-state index contributed by atoms with van der Waals surface area (Å²) in [6.45, 7) is 2.90. The molecule has 1 fully saturated rings. The van der Waals surface area contributed by atoms with Gasteiger partial charge in [-0.2, -0.15) is 0 Å². The Balaban J connectivity index is 1.71. The van der Waals surface area contributed by atoms with Crippen molar-refractivity contribution in [2.75, 3.05) is 19.6 Å². The second-order valence-corrected chi connectivity index (χ2v) is 6.72. The van der Waals surface area contributed by atoms with Crippen LogP contribution in [0.15, 0.2) is 54.6 Å². The number of ether oxygens (including phenoxy) is 1. The molecule has 1 atom stereocenters. The van der Waals surface area contributed by atoms with Gasteiger partial charge in [0.1, 0.15) is 5.82 Å². The largest absolute Gasteiger partial charge is 0.370 e. The Morgan fingerprint density at radius 2 is 1.85 bits per heavy atom. The lowest BCUT2D eigenvalue weighted by atomic mass is 10.2. The van der Waals surface area contributed by atoms with E-state index in [1.807, 2.05) is 30.3 Å². The minimum atomic E-state index is -0.340. The third-order valence-corrected chi connectivity index (χ3v) is 4.56. The number of nitrogens with zero attached hydrogens (tertiary/aromatic N) is 2. The summed E-state index contributed by atoms with van der Waals surface area (Å²) in [6.07, 6.45) is -0.340. The molecule has 0 bridgehead atoms. The number of carbonyl (C=O) groups excluding carboxylic acids is 2. The summed E-state index contributed by atoms with van der Waals surface area (Å²) in [7, 11) is 0. The van der Waals surface area contributed by atoms with E-state index in [4.69, 9.17) is 4.74 Å². The summed E-state index contributed by atoms with van der Waals surface area (Å²) < 4.78 is 19.3. The first kappa shape index (κ1) is 19.0. The van der Waals surface area contributed by atoms with Gasteiger partial charge in [0.05, 0.1) is 19.3 Å². The van der Waals surface area contributed by atoms with Crippen molar-refractivity contribution in [1.82, 2.24) is 9.80 Å². The quantitative estimate of drug-likeness (QED) is 0.813. The Labute approximate surface area is 158 Å². The van der Waals surface area contributed by atoms with Gasteiger partial charge in [0, 0.05) is 26.6 Å². The second-order valence-electron chi connectivity index (χ2n) is 6.72. The minimum absolute atomic E-state index is 0.0436. The van der Waals surface area contributed by atoms with Gasteiger partial charge in [-0.3, -0.25) is 9.59 Å². The lowest BCUT2D eigenvalue weighted by molar-refractivity contribution is -0.137. The fourth-order valence-corrected chi connectivity index (χ4v) is 3.12. The van der Waals surface area contributed by atoms with E-state index in [0.717, 1.165) is 11.1 Å². The number of amides is 2. The van der Waals surface area contributed by atoms with Crippen molar-refractivity contribution >= 4 is 11.8 Å². The Morgan fingerprint density at radius 3 is 2.56 bits per heavy atom. The van der Waals surface area contributed by atoms with Gasteiger partial charge >= 0.3 is 0 Å². The maximum Gasteiger partial charge on any atom is 0.242 e. The molecule has 0 radical (unpaired) electrons. The molecule has 142 valence electrons. The van der Waals surface area contributed by atoms with Crippen LogP contribution in [-0.2, 0) is 27.5 Å². The molecule has 1 heterocycles. The van der Waals surface area contributed by atoms with Crippen molar-refractivity contribution < 1.29 is 18.7 Å². The molecule has 0 aliphatic carbocycles. The third kappa shape index (κ3) is 5.37. The number of hydrogen-bond donors (Lipinski definition) is 0. The SMILES string of the molecule is CC(=O)N1CC(=O)N(Cc2ccccc2)CC(OCc2cccc(F)c2)C1. The van der Waals surface area contributed by atoms with Crippen LogP contribution in [0.2, 0.25) is 0 Å². The van der Waals surface area contributed by atoms with Gasteiger partial charge in [-0.1, -0.05) is 42.5 Å². The van der Waals surface area contributed by atoms with E-state index >= 15 is 0 Å². The van der Waals surface area contributed by atoms with Gasteiger partial charge in [0.2, 0.25) is 11.8 Å². The molecule has 1 aliphatic rings. The summed E-state index contributed by atoms with van der Waals surface area (Å²) in [4.78, 5) is 27.7. The van der Waals surface area contributed by atoms with Crippen LogP contribution in [0.25, 0.3) is 0 Å². The van der Waals surface area contributed by atoms with Crippen molar-refractivity contribution in [3.05, 3.63) is 71.5 Å². The van der Waals surface area contributed by atoms with E-state index in [0.29, 0.717) is 19.6 Å². The predicted molar refractivity (Wildman–Crippen MR) is 99.1 cm³/mol. The highest BCUT2D eigenvalue weighted by Crippen LogP contribution is 2.15. The van der Waals surface area contributed by atoms with Crippen LogP contribution >= 0.6 is 0 Å². The molecular weight excluding hydrogens is 347 g/mol. The van der Waals surface area contributed by atoms with Gasteiger partial charge in [-0.25, -0.2) is 4.39 Å². The van der Waals surface area contributed by atoms with E-state index in [1.54, 1.807) is 17.0 Å². The molecule has 2 amide bonds. The zero-order valence-corrected chi connectivity index (χ0v) is 15.3. The van der Waals surface area contributed by atoms with E-state index < -0.39 is 0 Å². The van der Waals surface area contributed by atoms with E-state index in [-0.39, 0.29) is 36.9 Å². The molecule has 0 spiro atoms. The number of hydrogen-bond acceptors (Lipinski definition) is 3. The lowest BCUT2D eigenvalue weighted by Gasteiger charge is -2.24. The minimum Gasteiger partial charge on any atom is -0.370 e. The molecule has 27 heavy (non-hydrogen) atoms. The standard InChI is InChI=1S/C21H23FN2O3/c1-16(25)23-12-20(27-15-18-8-5-9-19(22)10-18)13-24(21(26)14-23)11-17-6-3-2-4-7-17/h2-10,20H,11-15H2,1H3. The first-order valence-electron chi connectivity index (χ1n) is 8.94. The molecule has 6 heteroatoms. The monoisotopic (exact) mass is 370 g/mol. The maximum atomic E-state index is 13.4. The molecular formula is C21H23FN2O3. The molecule has 0 saturated carbocycles. The molecule has 3 rings (SSSR count). The highest BCUT2D eigenvalue weighted by Gasteiger charge is 2.29. The molecule has 1 unspecified atom stereocenters. The van der Waals surface area contributed by atoms with Crippen LogP contribution in [0.5, 0.6) is 0 Å². The number of benzene rings is 2. The van der Waals surface area contributed by atoms with Crippen molar-refractivity contribution in [1.29, 1.82) is 0 Å². The normalized spacial score (nSPS) is 17.7. The molecule has 5 nitrogen and oxygen atoms in total. The van der Waals surface area contributed by atoms with Gasteiger partial charge in [-0.15, -0.1) is 0 Å². The van der Waals surface area contributed by atoms with Crippen molar-refractivity contribution in [3.8, 4) is 0 Å². The van der Waals surface area contributed by atoms with Crippen molar-refractivity contribution in [3.63, 3.8) is 0 Å². The maximum absolute atomic E-state index is 13.4. The van der Waals surface area contributed by atoms with Crippen LogP contribution in [0.1, 0.15) is 18.1 Å². The number of carbonyl (C=O) groups is 2. The van der Waals surface area contributed by atoms with Crippen molar-refractivity contribution in [2.45, 2.75) is 26.2 Å². The number of halogens is 1. The van der Waals surface area contributed by atoms with E-state index in [2.05, 4.69) is 0 Å². The summed E-state index contributed by atoms with van der Waals surface area (Å²) >= 11 is 0. The second kappa shape index (κ2) is 8.77. The highest BCUT2D eigenvalue weighted by molar-refractivity contribution is 5.84. The van der Waals surface area contributed by atoms with Gasteiger partial charge in [0.25, 0.3) is 0 Å². The summed E-state index contributed by atoms with van der Waals surface area (Å²) in [6, 6.07) is 15.9. The zero-order valence-electron chi connectivity index (χ0n) is 15.3. The Hall–Kier alpha value is -2.73. The summed E-state index contributed by atoms with van der Waals surface area (Å²) in [5.41, 5.74) is 1.74. The Kier molecular flexibility index (Phi) is 6.19. The van der Waals surface area contributed by atoms with Crippen LogP contribution < -0.4 is 0 Å². The highest BCUT2D eigenvalue weighted by atomic mass is 19.1. The molecule has 1 saturated heterocycles. The fourth-order valence-electron chi connectivity index (χ4n) is 3.12. The topological polar surface area (TPSA) is 49.9 Å². The smallest absolute Gasteiger partial charge is 0.242 e. The lowest BCUT2D eigenvalue weighted by Crippen LogP contribution is -2.38. The first-order valence-corrected chi connectivity index (χ1v) is 8.94. The molecule has 2 aromatic carbocycles. The fraction of sp³-hybridized carbons (Fsp3) is 0.333. The van der Waals surface area contributed by atoms with Crippen LogP contribution in [0.4, 0.5) is 4.39 Å². The first-order chi connectivity index (χ1) is 13.0. The Bertz CT molecular complexity index is 797. The van der Waals surface area contributed by atoms with Gasteiger partial charge in [0.15, 0.2) is 0 Å². The zero-order chi connectivity index (χ0) is 19.2. The van der Waals surface area contributed by atoms with E-state index in [9.17, 15) is 14.0 Å². The number of rotatable bonds is 5. The average molecular weight is 370 g/mol. The third-order valence-electron chi connectivity index (χ3n) is 4.56. The van der Waals surface area contributed by atoms with E-state index in [1.165, 1.54) is 24.0 Å². The molecule has 2 aromatic rings.